The van der Waals surface area contributed by atoms with Crippen molar-refractivity contribution < 1.29 is 13.2 Å². The molecule has 0 saturated heterocycles. The zero-order chi connectivity index (χ0) is 18.7. The summed E-state index contributed by atoms with van der Waals surface area (Å²) >= 11 is 1.53. The lowest BCUT2D eigenvalue weighted by molar-refractivity contribution is 0.102. The maximum absolute atomic E-state index is 12.6. The molecule has 6 nitrogen and oxygen atoms in total. The van der Waals surface area contributed by atoms with Crippen LogP contribution in [0.4, 0.5) is 11.4 Å². The minimum absolute atomic E-state index is 0.0671. The van der Waals surface area contributed by atoms with Crippen molar-refractivity contribution in [3.8, 4) is 0 Å². The molecule has 0 aliphatic rings. The van der Waals surface area contributed by atoms with Crippen LogP contribution in [-0.2, 0) is 10.0 Å². The number of aromatic nitrogens is 1. The van der Waals surface area contributed by atoms with Crippen LogP contribution in [0.2, 0.25) is 0 Å². The molecule has 0 bridgehead atoms. The van der Waals surface area contributed by atoms with E-state index in [1.54, 1.807) is 42.6 Å². The van der Waals surface area contributed by atoms with Gasteiger partial charge in [-0.2, -0.15) is 0 Å². The summed E-state index contributed by atoms with van der Waals surface area (Å²) in [4.78, 5) is 16.9. The standard InChI is InChI=1S/C17H21N3O3S2/c1-17(2,3)24-16-14(6-5-11-18-16)15(21)19-12-7-9-13(10-8-12)20-25(4,22)23/h5-11,20H,1-4H3,(H,19,21). The van der Waals surface area contributed by atoms with Crippen LogP contribution in [-0.4, -0.2) is 30.3 Å². The van der Waals surface area contributed by atoms with Gasteiger partial charge in [0, 0.05) is 22.3 Å². The third-order valence-corrected chi connectivity index (χ3v) is 4.60. The van der Waals surface area contributed by atoms with Crippen LogP contribution >= 0.6 is 11.8 Å². The van der Waals surface area contributed by atoms with E-state index in [1.165, 1.54) is 11.8 Å². The van der Waals surface area contributed by atoms with Gasteiger partial charge in [0.15, 0.2) is 0 Å². The molecule has 0 spiro atoms. The highest BCUT2D eigenvalue weighted by molar-refractivity contribution is 8.00. The Hall–Kier alpha value is -2.06. The fraction of sp³-hybridized carbons (Fsp3) is 0.294. The van der Waals surface area contributed by atoms with Crippen molar-refractivity contribution in [1.29, 1.82) is 0 Å². The Kier molecular flexibility index (Phi) is 5.74. The van der Waals surface area contributed by atoms with E-state index < -0.39 is 10.0 Å². The van der Waals surface area contributed by atoms with E-state index in [-0.39, 0.29) is 10.7 Å². The quantitative estimate of drug-likeness (QED) is 0.775. The molecule has 0 atom stereocenters. The molecule has 2 N–H and O–H groups in total. The first-order valence-electron chi connectivity index (χ1n) is 7.57. The summed E-state index contributed by atoms with van der Waals surface area (Å²) in [5, 5.41) is 3.47. The number of rotatable bonds is 5. The molecule has 2 rings (SSSR count). The number of thioether (sulfide) groups is 1. The molecule has 8 heteroatoms. The van der Waals surface area contributed by atoms with Gasteiger partial charge in [-0.25, -0.2) is 13.4 Å². The van der Waals surface area contributed by atoms with Crippen LogP contribution < -0.4 is 10.0 Å². The number of nitrogens with one attached hydrogen (secondary N) is 2. The molecule has 25 heavy (non-hydrogen) atoms. The minimum Gasteiger partial charge on any atom is -0.322 e. The van der Waals surface area contributed by atoms with E-state index in [2.05, 4.69) is 35.8 Å². The van der Waals surface area contributed by atoms with Gasteiger partial charge in [-0.1, -0.05) is 32.5 Å². The largest absolute Gasteiger partial charge is 0.322 e. The molecule has 0 aliphatic heterocycles. The summed E-state index contributed by atoms with van der Waals surface area (Å²) in [5.41, 5.74) is 1.51. The Bertz CT molecular complexity index is 857. The highest BCUT2D eigenvalue weighted by Crippen LogP contribution is 2.32. The first-order chi connectivity index (χ1) is 11.5. The second-order valence-electron chi connectivity index (χ2n) is 6.48. The maximum Gasteiger partial charge on any atom is 0.258 e. The minimum atomic E-state index is -3.33. The number of hydrogen-bond acceptors (Lipinski definition) is 5. The Balaban J connectivity index is 2.15. The molecule has 1 aromatic heterocycles. The van der Waals surface area contributed by atoms with Crippen molar-refractivity contribution in [2.45, 2.75) is 30.5 Å². The van der Waals surface area contributed by atoms with Crippen molar-refractivity contribution >= 4 is 39.1 Å². The highest BCUT2D eigenvalue weighted by atomic mass is 32.2. The Labute approximate surface area is 152 Å². The molecular formula is C17H21N3O3S2. The van der Waals surface area contributed by atoms with Crippen molar-refractivity contribution in [2.24, 2.45) is 0 Å². The number of anilines is 2. The van der Waals surface area contributed by atoms with Crippen LogP contribution in [0.25, 0.3) is 0 Å². The molecule has 0 aliphatic carbocycles. The first kappa shape index (κ1) is 19.3. The van der Waals surface area contributed by atoms with Gasteiger partial charge in [0.25, 0.3) is 5.91 Å². The van der Waals surface area contributed by atoms with E-state index >= 15 is 0 Å². The predicted molar refractivity (Wildman–Crippen MR) is 103 cm³/mol. The Morgan fingerprint density at radius 1 is 1.08 bits per heavy atom. The molecule has 1 amide bonds. The third-order valence-electron chi connectivity index (χ3n) is 2.86. The lowest BCUT2D eigenvalue weighted by Crippen LogP contribution is -2.16. The Morgan fingerprint density at radius 2 is 1.68 bits per heavy atom. The maximum atomic E-state index is 12.6. The number of sulfonamides is 1. The van der Waals surface area contributed by atoms with E-state index in [4.69, 9.17) is 0 Å². The number of amides is 1. The van der Waals surface area contributed by atoms with Gasteiger partial charge in [-0.15, -0.1) is 0 Å². The van der Waals surface area contributed by atoms with Crippen LogP contribution in [0.5, 0.6) is 0 Å². The average molecular weight is 380 g/mol. The fourth-order valence-electron chi connectivity index (χ4n) is 1.97. The van der Waals surface area contributed by atoms with Crippen molar-refractivity contribution in [3.63, 3.8) is 0 Å². The monoisotopic (exact) mass is 379 g/mol. The van der Waals surface area contributed by atoms with Crippen LogP contribution in [0.3, 0.4) is 0 Å². The summed E-state index contributed by atoms with van der Waals surface area (Å²) in [7, 11) is -3.33. The molecule has 0 radical (unpaired) electrons. The zero-order valence-corrected chi connectivity index (χ0v) is 16.2. The zero-order valence-electron chi connectivity index (χ0n) is 14.5. The highest BCUT2D eigenvalue weighted by Gasteiger charge is 2.19. The average Bonchev–Trinajstić information content (AvgIpc) is 2.46. The third kappa shape index (κ3) is 6.39. The second kappa shape index (κ2) is 7.45. The fourth-order valence-corrected chi connectivity index (χ4v) is 3.50. The van der Waals surface area contributed by atoms with Gasteiger partial charge in [0.05, 0.1) is 11.8 Å². The van der Waals surface area contributed by atoms with E-state index in [9.17, 15) is 13.2 Å². The second-order valence-corrected chi connectivity index (χ2v) is 10.0. The van der Waals surface area contributed by atoms with E-state index in [0.717, 1.165) is 6.26 Å². The number of nitrogens with zero attached hydrogens (tertiary/aromatic N) is 1. The SMILES string of the molecule is CC(C)(C)Sc1ncccc1C(=O)Nc1ccc(NS(C)(=O)=O)cc1. The first-order valence-corrected chi connectivity index (χ1v) is 10.3. The Morgan fingerprint density at radius 3 is 2.24 bits per heavy atom. The van der Waals surface area contributed by atoms with E-state index in [1.807, 2.05) is 0 Å². The van der Waals surface area contributed by atoms with E-state index in [0.29, 0.717) is 22.0 Å². The number of hydrogen-bond donors (Lipinski definition) is 2. The van der Waals surface area contributed by atoms with Crippen LogP contribution in [0.15, 0.2) is 47.6 Å². The van der Waals surface area contributed by atoms with Crippen LogP contribution in [0, 0.1) is 0 Å². The smallest absolute Gasteiger partial charge is 0.258 e. The van der Waals surface area contributed by atoms with Crippen molar-refractivity contribution in [2.75, 3.05) is 16.3 Å². The van der Waals surface area contributed by atoms with Crippen LogP contribution in [0.1, 0.15) is 31.1 Å². The molecular weight excluding hydrogens is 358 g/mol. The molecule has 2 aromatic rings. The number of carbonyl (C=O) groups is 1. The van der Waals surface area contributed by atoms with Gasteiger partial charge in [0.2, 0.25) is 10.0 Å². The van der Waals surface area contributed by atoms with Gasteiger partial charge in [0.1, 0.15) is 5.03 Å². The summed E-state index contributed by atoms with van der Waals surface area (Å²) in [6, 6.07) is 9.91. The number of benzene rings is 1. The lowest BCUT2D eigenvalue weighted by atomic mass is 10.2. The normalized spacial score (nSPS) is 11.8. The summed E-state index contributed by atoms with van der Waals surface area (Å²) in [6.45, 7) is 6.17. The lowest BCUT2D eigenvalue weighted by Gasteiger charge is -2.18. The van der Waals surface area contributed by atoms with Gasteiger partial charge < -0.3 is 5.32 Å². The molecule has 0 fully saturated rings. The molecule has 0 saturated carbocycles. The molecule has 134 valence electrons. The molecule has 1 heterocycles. The number of pyridine rings is 1. The van der Waals surface area contributed by atoms with Gasteiger partial charge >= 0.3 is 0 Å². The topological polar surface area (TPSA) is 88.2 Å². The van der Waals surface area contributed by atoms with Crippen molar-refractivity contribution in [3.05, 3.63) is 48.2 Å². The van der Waals surface area contributed by atoms with Gasteiger partial charge in [-0.3, -0.25) is 9.52 Å². The summed E-state index contributed by atoms with van der Waals surface area (Å²) in [6.07, 6.45) is 2.75. The number of carbonyl (C=O) groups excluding carboxylic acids is 1. The van der Waals surface area contributed by atoms with Gasteiger partial charge in [-0.05, 0) is 36.4 Å². The summed E-state index contributed by atoms with van der Waals surface area (Å²) in [5.74, 6) is -0.260. The molecule has 1 aromatic carbocycles. The van der Waals surface area contributed by atoms with Crippen molar-refractivity contribution in [1.82, 2.24) is 4.98 Å². The predicted octanol–water partition coefficient (Wildman–Crippen LogP) is 3.60. The summed E-state index contributed by atoms with van der Waals surface area (Å²) < 4.78 is 24.7. The molecule has 0 unspecified atom stereocenters.